The maximum Gasteiger partial charge on any atom is 0.305 e. The summed E-state index contributed by atoms with van der Waals surface area (Å²) < 4.78 is 5.45. The van der Waals surface area contributed by atoms with Gasteiger partial charge in [0.1, 0.15) is 0 Å². The second kappa shape index (κ2) is 38.2. The van der Waals surface area contributed by atoms with Crippen LogP contribution in [0.25, 0.3) is 0 Å². The number of rotatable bonds is 36. The van der Waals surface area contributed by atoms with Crippen molar-refractivity contribution >= 4 is 5.97 Å². The molecule has 0 bridgehead atoms. The molecule has 0 aliphatic carbocycles. The molecule has 0 aromatic heterocycles. The summed E-state index contributed by atoms with van der Waals surface area (Å²) in [6, 6.07) is 0. The molecular formula is C40H78O2. The highest BCUT2D eigenvalue weighted by atomic mass is 16.5. The van der Waals surface area contributed by atoms with Gasteiger partial charge in [0.2, 0.25) is 0 Å². The van der Waals surface area contributed by atoms with E-state index in [2.05, 4.69) is 26.0 Å². The Bertz CT molecular complexity index is 526. The summed E-state index contributed by atoms with van der Waals surface area (Å²) in [6.07, 6.45) is 50.0. The molecule has 0 rings (SSSR count). The van der Waals surface area contributed by atoms with Gasteiger partial charge in [0.25, 0.3) is 0 Å². The van der Waals surface area contributed by atoms with Gasteiger partial charge in [-0.2, -0.15) is 0 Å². The van der Waals surface area contributed by atoms with Gasteiger partial charge in [0.15, 0.2) is 0 Å². The van der Waals surface area contributed by atoms with Crippen molar-refractivity contribution in [2.24, 2.45) is 0 Å². The van der Waals surface area contributed by atoms with Crippen molar-refractivity contribution in [3.8, 4) is 0 Å². The number of esters is 1. The van der Waals surface area contributed by atoms with Gasteiger partial charge >= 0.3 is 5.97 Å². The Morgan fingerprint density at radius 1 is 0.381 bits per heavy atom. The van der Waals surface area contributed by atoms with E-state index in [4.69, 9.17) is 4.74 Å². The Morgan fingerprint density at radius 2 is 0.667 bits per heavy atom. The Balaban J connectivity index is 3.18. The molecule has 0 radical (unpaired) electrons. The number of allylic oxidation sites excluding steroid dienone is 2. The molecular weight excluding hydrogens is 512 g/mol. The molecule has 42 heavy (non-hydrogen) atoms. The van der Waals surface area contributed by atoms with Crippen LogP contribution >= 0.6 is 0 Å². The zero-order valence-electron chi connectivity index (χ0n) is 29.2. The molecule has 0 heterocycles. The molecule has 0 aromatic rings. The molecule has 0 saturated carbocycles. The lowest BCUT2D eigenvalue weighted by molar-refractivity contribution is -0.143. The largest absolute Gasteiger partial charge is 0.466 e. The summed E-state index contributed by atoms with van der Waals surface area (Å²) in [5, 5.41) is 0. The van der Waals surface area contributed by atoms with Gasteiger partial charge in [-0.15, -0.1) is 0 Å². The molecule has 0 aromatic carbocycles. The quantitative estimate of drug-likeness (QED) is 0.0412. The van der Waals surface area contributed by atoms with E-state index in [0.717, 1.165) is 12.8 Å². The lowest BCUT2D eigenvalue weighted by atomic mass is 10.0. The van der Waals surface area contributed by atoms with Gasteiger partial charge in [0.05, 0.1) is 6.61 Å². The molecule has 0 N–H and O–H groups in total. The molecule has 0 spiro atoms. The Morgan fingerprint density at radius 3 is 1.02 bits per heavy atom. The van der Waals surface area contributed by atoms with Crippen molar-refractivity contribution < 1.29 is 9.53 Å². The lowest BCUT2D eigenvalue weighted by Crippen LogP contribution is -2.05. The predicted molar refractivity (Wildman–Crippen MR) is 188 cm³/mol. The van der Waals surface area contributed by atoms with E-state index in [-0.39, 0.29) is 5.97 Å². The van der Waals surface area contributed by atoms with Crippen LogP contribution in [0.3, 0.4) is 0 Å². The van der Waals surface area contributed by atoms with Crippen LogP contribution in [0.15, 0.2) is 12.2 Å². The Hall–Kier alpha value is -0.790. The van der Waals surface area contributed by atoms with E-state index in [9.17, 15) is 4.79 Å². The van der Waals surface area contributed by atoms with Gasteiger partial charge in [-0.3, -0.25) is 4.79 Å². The van der Waals surface area contributed by atoms with Crippen molar-refractivity contribution in [1.29, 1.82) is 0 Å². The van der Waals surface area contributed by atoms with Crippen LogP contribution in [0.2, 0.25) is 0 Å². The van der Waals surface area contributed by atoms with Gasteiger partial charge < -0.3 is 4.74 Å². The smallest absolute Gasteiger partial charge is 0.305 e. The maximum absolute atomic E-state index is 12.0. The summed E-state index contributed by atoms with van der Waals surface area (Å²) in [5.74, 6) is 0.0229. The lowest BCUT2D eigenvalue weighted by Gasteiger charge is -2.05. The van der Waals surface area contributed by atoms with Crippen molar-refractivity contribution in [2.45, 2.75) is 232 Å². The SMILES string of the molecule is CCCCCCCCC=CCCCCCCCCOC(=O)CCCCCCCCCCCCCCCCCCCCC. The molecule has 0 amide bonds. The van der Waals surface area contributed by atoms with Gasteiger partial charge in [-0.05, 0) is 38.5 Å². The second-order valence-electron chi connectivity index (χ2n) is 13.3. The summed E-state index contributed by atoms with van der Waals surface area (Å²) in [7, 11) is 0. The number of hydrogen-bond acceptors (Lipinski definition) is 2. The van der Waals surface area contributed by atoms with E-state index in [1.54, 1.807) is 0 Å². The highest BCUT2D eigenvalue weighted by Crippen LogP contribution is 2.15. The first kappa shape index (κ1) is 41.2. The van der Waals surface area contributed by atoms with Crippen LogP contribution < -0.4 is 0 Å². The average Bonchev–Trinajstić information content (AvgIpc) is 3.00. The molecule has 2 nitrogen and oxygen atoms in total. The highest BCUT2D eigenvalue weighted by molar-refractivity contribution is 5.69. The highest BCUT2D eigenvalue weighted by Gasteiger charge is 2.03. The average molecular weight is 591 g/mol. The van der Waals surface area contributed by atoms with Crippen LogP contribution in [0.5, 0.6) is 0 Å². The number of carbonyl (C=O) groups is 1. The van der Waals surface area contributed by atoms with Crippen LogP contribution in [0.4, 0.5) is 0 Å². The first-order valence-corrected chi connectivity index (χ1v) is 19.6. The Kier molecular flexibility index (Phi) is 37.5. The summed E-state index contributed by atoms with van der Waals surface area (Å²) in [5.41, 5.74) is 0. The third kappa shape index (κ3) is 37.2. The van der Waals surface area contributed by atoms with E-state index in [0.29, 0.717) is 13.0 Å². The van der Waals surface area contributed by atoms with Gasteiger partial charge in [-0.25, -0.2) is 0 Å². The zero-order chi connectivity index (χ0) is 30.4. The summed E-state index contributed by atoms with van der Waals surface area (Å²) in [4.78, 5) is 12.0. The van der Waals surface area contributed by atoms with Crippen LogP contribution in [-0.4, -0.2) is 12.6 Å². The standard InChI is InChI=1S/C40H78O2/c1-3-5-7-9-11-13-15-17-19-21-22-23-24-26-28-30-32-34-36-38-40(41)42-39-37-35-33-31-29-27-25-20-18-16-14-12-10-8-6-4-2/h18,20H,3-17,19,21-39H2,1-2H3. The molecule has 2 heteroatoms. The first-order valence-electron chi connectivity index (χ1n) is 19.6. The summed E-state index contributed by atoms with van der Waals surface area (Å²) in [6.45, 7) is 5.20. The van der Waals surface area contributed by atoms with Gasteiger partial charge in [0, 0.05) is 6.42 Å². The molecule has 0 aliphatic rings. The number of ether oxygens (including phenoxy) is 1. The minimum absolute atomic E-state index is 0.0229. The van der Waals surface area contributed by atoms with E-state index >= 15 is 0 Å². The molecule has 0 saturated heterocycles. The minimum Gasteiger partial charge on any atom is -0.466 e. The molecule has 0 unspecified atom stereocenters. The summed E-state index contributed by atoms with van der Waals surface area (Å²) >= 11 is 0. The van der Waals surface area contributed by atoms with Crippen LogP contribution in [-0.2, 0) is 9.53 Å². The normalized spacial score (nSPS) is 11.6. The minimum atomic E-state index is 0.0229. The molecule has 0 fully saturated rings. The maximum atomic E-state index is 12.0. The molecule has 250 valence electrons. The van der Waals surface area contributed by atoms with Crippen LogP contribution in [0, 0.1) is 0 Å². The monoisotopic (exact) mass is 591 g/mol. The van der Waals surface area contributed by atoms with Gasteiger partial charge in [-0.1, -0.05) is 199 Å². The number of carbonyl (C=O) groups excluding carboxylic acids is 1. The number of unbranched alkanes of at least 4 members (excludes halogenated alkanes) is 30. The molecule has 0 atom stereocenters. The fraction of sp³-hybridized carbons (Fsp3) is 0.925. The van der Waals surface area contributed by atoms with Crippen LogP contribution in [0.1, 0.15) is 232 Å². The number of hydrogen-bond donors (Lipinski definition) is 0. The third-order valence-electron chi connectivity index (χ3n) is 8.90. The fourth-order valence-corrected chi connectivity index (χ4v) is 5.96. The molecule has 0 aliphatic heterocycles. The van der Waals surface area contributed by atoms with E-state index < -0.39 is 0 Å². The second-order valence-corrected chi connectivity index (χ2v) is 13.3. The topological polar surface area (TPSA) is 26.3 Å². The van der Waals surface area contributed by atoms with E-state index in [1.165, 1.54) is 199 Å². The zero-order valence-corrected chi connectivity index (χ0v) is 29.2. The van der Waals surface area contributed by atoms with Crippen molar-refractivity contribution in [1.82, 2.24) is 0 Å². The third-order valence-corrected chi connectivity index (χ3v) is 8.90. The van der Waals surface area contributed by atoms with Crippen molar-refractivity contribution in [3.05, 3.63) is 12.2 Å². The first-order chi connectivity index (χ1) is 20.8. The Labute approximate surface area is 266 Å². The fourth-order valence-electron chi connectivity index (χ4n) is 5.96. The van der Waals surface area contributed by atoms with E-state index in [1.807, 2.05) is 0 Å². The van der Waals surface area contributed by atoms with Crippen molar-refractivity contribution in [3.63, 3.8) is 0 Å². The predicted octanol–water partition coefficient (Wildman–Crippen LogP) is 14.4. The van der Waals surface area contributed by atoms with Crippen molar-refractivity contribution in [2.75, 3.05) is 6.61 Å².